The first kappa shape index (κ1) is 12.0. The lowest BCUT2D eigenvalue weighted by Gasteiger charge is -2.06. The number of anilines is 1. The van der Waals surface area contributed by atoms with Crippen molar-refractivity contribution in [3.05, 3.63) is 23.2 Å². The molecule has 0 aliphatic rings. The standard InChI is InChI=1S/C8H8ClNO4S/c1-5(11)10-8-3-2-6(4-7(8)9)14-15(12)13/h2-4H,1H3,(H,10,11)(H,12,13). The van der Waals surface area contributed by atoms with E-state index >= 15 is 0 Å². The quantitative estimate of drug-likeness (QED) is 0.801. The Hall–Kier alpha value is -1.11. The van der Waals surface area contributed by atoms with Crippen LogP contribution in [0.15, 0.2) is 18.2 Å². The summed E-state index contributed by atoms with van der Waals surface area (Å²) in [6.45, 7) is 1.35. The van der Waals surface area contributed by atoms with Gasteiger partial charge in [0.15, 0.2) is 0 Å². The van der Waals surface area contributed by atoms with Crippen LogP contribution in [0.3, 0.4) is 0 Å². The van der Waals surface area contributed by atoms with Crippen molar-refractivity contribution in [1.82, 2.24) is 0 Å². The van der Waals surface area contributed by atoms with E-state index in [9.17, 15) is 9.00 Å². The van der Waals surface area contributed by atoms with Crippen molar-refractivity contribution in [1.29, 1.82) is 0 Å². The Bertz CT molecular complexity index is 410. The largest absolute Gasteiger partial charge is 0.380 e. The molecule has 1 rings (SSSR count). The first-order chi connectivity index (χ1) is 6.99. The lowest BCUT2D eigenvalue weighted by molar-refractivity contribution is -0.114. The normalized spacial score (nSPS) is 11.9. The number of halogens is 1. The summed E-state index contributed by atoms with van der Waals surface area (Å²) in [6.07, 6.45) is 0. The minimum Gasteiger partial charge on any atom is -0.380 e. The van der Waals surface area contributed by atoms with Crippen molar-refractivity contribution in [2.24, 2.45) is 0 Å². The molecule has 0 aliphatic heterocycles. The predicted octanol–water partition coefficient (Wildman–Crippen LogP) is 1.81. The molecule has 1 unspecified atom stereocenters. The van der Waals surface area contributed by atoms with Crippen LogP contribution in [0.4, 0.5) is 5.69 Å². The molecule has 7 heteroatoms. The zero-order chi connectivity index (χ0) is 11.4. The molecular formula is C8H8ClNO4S. The second-order valence-electron chi connectivity index (χ2n) is 2.62. The van der Waals surface area contributed by atoms with Crippen LogP contribution >= 0.6 is 11.6 Å². The van der Waals surface area contributed by atoms with Gasteiger partial charge in [0.2, 0.25) is 5.91 Å². The van der Waals surface area contributed by atoms with Crippen molar-refractivity contribution in [2.45, 2.75) is 6.92 Å². The van der Waals surface area contributed by atoms with Gasteiger partial charge in [0.25, 0.3) is 0 Å². The van der Waals surface area contributed by atoms with E-state index in [0.717, 1.165) is 0 Å². The van der Waals surface area contributed by atoms with Crippen LogP contribution in [0.5, 0.6) is 5.75 Å². The van der Waals surface area contributed by atoms with Gasteiger partial charge in [0.05, 0.1) is 10.7 Å². The van der Waals surface area contributed by atoms with Crippen LogP contribution < -0.4 is 9.50 Å². The fourth-order valence-corrected chi connectivity index (χ4v) is 1.41. The van der Waals surface area contributed by atoms with Crippen molar-refractivity contribution in [2.75, 3.05) is 5.32 Å². The number of carbonyl (C=O) groups excluding carboxylic acids is 1. The summed E-state index contributed by atoms with van der Waals surface area (Å²) in [5.41, 5.74) is 0.417. The number of carbonyl (C=O) groups is 1. The van der Waals surface area contributed by atoms with Gasteiger partial charge < -0.3 is 9.50 Å². The van der Waals surface area contributed by atoms with Gasteiger partial charge in [0.1, 0.15) is 5.75 Å². The minimum absolute atomic E-state index is 0.148. The molecule has 0 spiro atoms. The molecule has 0 bridgehead atoms. The summed E-state index contributed by atoms with van der Waals surface area (Å²) < 4.78 is 23.3. The van der Waals surface area contributed by atoms with Crippen LogP contribution in [0.1, 0.15) is 6.92 Å². The molecule has 82 valence electrons. The Balaban J connectivity index is 2.87. The molecule has 0 aliphatic carbocycles. The molecular weight excluding hydrogens is 242 g/mol. The highest BCUT2D eigenvalue weighted by atomic mass is 35.5. The molecule has 0 fully saturated rings. The summed E-state index contributed by atoms with van der Waals surface area (Å²) >= 11 is 3.39. The van der Waals surface area contributed by atoms with Gasteiger partial charge in [-0.15, -0.1) is 0 Å². The molecule has 2 N–H and O–H groups in total. The molecule has 1 amide bonds. The number of rotatable bonds is 3. The Labute approximate surface area is 93.9 Å². The van der Waals surface area contributed by atoms with Gasteiger partial charge in [0, 0.05) is 13.0 Å². The maximum atomic E-state index is 10.7. The van der Waals surface area contributed by atoms with Crippen LogP contribution in [0, 0.1) is 0 Å². The van der Waals surface area contributed by atoms with E-state index in [1.54, 1.807) is 0 Å². The Morgan fingerprint density at radius 2 is 2.27 bits per heavy atom. The summed E-state index contributed by atoms with van der Waals surface area (Å²) in [5, 5.41) is 2.72. The summed E-state index contributed by atoms with van der Waals surface area (Å²) in [5.74, 6) is -0.105. The molecule has 0 heterocycles. The Morgan fingerprint density at radius 3 is 2.73 bits per heavy atom. The SMILES string of the molecule is CC(=O)Nc1ccc(OS(=O)O)cc1Cl. The summed E-state index contributed by atoms with van der Waals surface area (Å²) in [6, 6.07) is 4.23. The maximum absolute atomic E-state index is 10.7. The molecule has 1 atom stereocenters. The van der Waals surface area contributed by atoms with E-state index in [1.807, 2.05) is 0 Å². The van der Waals surface area contributed by atoms with E-state index in [1.165, 1.54) is 25.1 Å². The summed E-state index contributed by atoms with van der Waals surface area (Å²) in [7, 11) is 0. The molecule has 5 nitrogen and oxygen atoms in total. The Morgan fingerprint density at radius 1 is 1.60 bits per heavy atom. The molecule has 15 heavy (non-hydrogen) atoms. The number of hydrogen-bond donors (Lipinski definition) is 2. The topological polar surface area (TPSA) is 75.6 Å². The molecule has 1 aromatic carbocycles. The van der Waals surface area contributed by atoms with E-state index in [0.29, 0.717) is 5.69 Å². The number of benzene rings is 1. The van der Waals surface area contributed by atoms with E-state index in [-0.39, 0.29) is 16.7 Å². The second-order valence-corrected chi connectivity index (χ2v) is 3.63. The molecule has 0 saturated carbocycles. The Kier molecular flexibility index (Phi) is 4.07. The van der Waals surface area contributed by atoms with E-state index in [4.69, 9.17) is 16.2 Å². The fraction of sp³-hybridized carbons (Fsp3) is 0.125. The van der Waals surface area contributed by atoms with Gasteiger partial charge in [-0.2, -0.15) is 4.21 Å². The van der Waals surface area contributed by atoms with Crippen molar-refractivity contribution >= 4 is 34.6 Å². The van der Waals surface area contributed by atoms with Crippen LogP contribution in [0.2, 0.25) is 5.02 Å². The van der Waals surface area contributed by atoms with Crippen LogP contribution in [-0.2, 0) is 16.2 Å². The molecule has 0 aromatic heterocycles. The van der Waals surface area contributed by atoms with Crippen molar-refractivity contribution in [3.8, 4) is 5.75 Å². The average Bonchev–Trinajstić information content (AvgIpc) is 2.08. The maximum Gasteiger partial charge on any atom is 0.357 e. The van der Waals surface area contributed by atoms with E-state index in [2.05, 4.69) is 9.50 Å². The first-order valence-electron chi connectivity index (χ1n) is 3.85. The first-order valence-corrected chi connectivity index (χ1v) is 5.26. The third-order valence-corrected chi connectivity index (χ3v) is 2.07. The lowest BCUT2D eigenvalue weighted by Crippen LogP contribution is -2.06. The fourth-order valence-electron chi connectivity index (χ4n) is 0.921. The zero-order valence-corrected chi connectivity index (χ0v) is 9.26. The molecule has 1 aromatic rings. The predicted molar refractivity (Wildman–Crippen MR) is 57.2 cm³/mol. The molecule has 0 radical (unpaired) electrons. The van der Waals surface area contributed by atoms with Crippen LogP contribution in [0.25, 0.3) is 0 Å². The van der Waals surface area contributed by atoms with Crippen molar-refractivity contribution < 1.29 is 17.7 Å². The highest BCUT2D eigenvalue weighted by Crippen LogP contribution is 2.26. The molecule has 0 saturated heterocycles. The minimum atomic E-state index is -2.39. The highest BCUT2D eigenvalue weighted by Gasteiger charge is 2.05. The number of amides is 1. The van der Waals surface area contributed by atoms with Crippen molar-refractivity contribution in [3.63, 3.8) is 0 Å². The smallest absolute Gasteiger partial charge is 0.357 e. The van der Waals surface area contributed by atoms with Gasteiger partial charge in [-0.25, -0.2) is 0 Å². The summed E-state index contributed by atoms with van der Waals surface area (Å²) in [4.78, 5) is 10.7. The number of hydrogen-bond acceptors (Lipinski definition) is 3. The third-order valence-electron chi connectivity index (χ3n) is 1.42. The van der Waals surface area contributed by atoms with Gasteiger partial charge in [-0.05, 0) is 12.1 Å². The highest BCUT2D eigenvalue weighted by molar-refractivity contribution is 7.74. The van der Waals surface area contributed by atoms with Gasteiger partial charge in [-0.3, -0.25) is 9.35 Å². The third kappa shape index (κ3) is 3.86. The van der Waals surface area contributed by atoms with Gasteiger partial charge >= 0.3 is 11.4 Å². The van der Waals surface area contributed by atoms with Gasteiger partial charge in [-0.1, -0.05) is 11.6 Å². The zero-order valence-electron chi connectivity index (χ0n) is 7.69. The average molecular weight is 250 g/mol. The second kappa shape index (κ2) is 5.11. The monoisotopic (exact) mass is 249 g/mol. The number of nitrogens with one attached hydrogen (secondary N) is 1. The van der Waals surface area contributed by atoms with Crippen LogP contribution in [-0.4, -0.2) is 14.7 Å². The lowest BCUT2D eigenvalue weighted by atomic mass is 10.3. The van der Waals surface area contributed by atoms with E-state index < -0.39 is 11.4 Å².